The van der Waals surface area contributed by atoms with Gasteiger partial charge in [-0.3, -0.25) is 4.57 Å². The number of aromatic nitrogens is 1. The molecule has 0 aliphatic carbocycles. The van der Waals surface area contributed by atoms with Gasteiger partial charge in [-0.1, -0.05) is 6.07 Å². The second-order valence-corrected chi connectivity index (χ2v) is 4.60. The summed E-state index contributed by atoms with van der Waals surface area (Å²) in [6, 6.07) is 6.16. The Kier molecular flexibility index (Phi) is 3.33. The predicted octanol–water partition coefficient (Wildman–Crippen LogP) is 1.80. The molecule has 1 aromatic heterocycles. The molecule has 0 amide bonds. The molecule has 1 atom stereocenters. The van der Waals surface area contributed by atoms with Crippen LogP contribution in [0.2, 0.25) is 0 Å². The molecular weight excluding hydrogens is 216 g/mol. The summed E-state index contributed by atoms with van der Waals surface area (Å²) in [7, 11) is 1.71. The third-order valence-corrected chi connectivity index (χ3v) is 2.98. The maximum atomic E-state index is 11.3. The Labute approximate surface area is 100 Å². The molecule has 0 fully saturated rings. The highest BCUT2D eigenvalue weighted by atomic mass is 16.4. The quantitative estimate of drug-likeness (QED) is 0.877. The molecule has 0 bridgehead atoms. The van der Waals surface area contributed by atoms with E-state index in [1.165, 1.54) is 10.1 Å². The van der Waals surface area contributed by atoms with Crippen molar-refractivity contribution < 1.29 is 4.42 Å². The Morgan fingerprint density at radius 3 is 2.94 bits per heavy atom. The van der Waals surface area contributed by atoms with Gasteiger partial charge in [-0.05, 0) is 43.9 Å². The number of nitrogens with two attached hydrogens (primary N) is 1. The number of hydrogen-bond donors (Lipinski definition) is 1. The summed E-state index contributed by atoms with van der Waals surface area (Å²) < 4.78 is 6.66. The van der Waals surface area contributed by atoms with Gasteiger partial charge in [0.1, 0.15) is 0 Å². The van der Waals surface area contributed by atoms with E-state index in [4.69, 9.17) is 10.2 Å². The standard InChI is InChI=1S/C13H18N2O2/c1-9(14)4-3-5-10-6-7-11-12(8-10)17-13(16)15(11)2/h6-9H,3-5,14H2,1-2H3. The molecule has 0 spiro atoms. The third-order valence-electron chi connectivity index (χ3n) is 2.98. The molecular formula is C13H18N2O2. The normalized spacial score (nSPS) is 13.1. The second kappa shape index (κ2) is 4.75. The fraction of sp³-hybridized carbons (Fsp3) is 0.462. The first-order valence-electron chi connectivity index (χ1n) is 5.92. The summed E-state index contributed by atoms with van der Waals surface area (Å²) >= 11 is 0. The van der Waals surface area contributed by atoms with E-state index in [1.54, 1.807) is 7.05 Å². The highest BCUT2D eigenvalue weighted by Crippen LogP contribution is 2.16. The van der Waals surface area contributed by atoms with Gasteiger partial charge in [0.05, 0.1) is 5.52 Å². The van der Waals surface area contributed by atoms with Gasteiger partial charge >= 0.3 is 5.76 Å². The molecule has 0 saturated heterocycles. The van der Waals surface area contributed by atoms with Crippen LogP contribution in [0.3, 0.4) is 0 Å². The Balaban J connectivity index is 2.18. The zero-order valence-electron chi connectivity index (χ0n) is 10.3. The topological polar surface area (TPSA) is 61.2 Å². The van der Waals surface area contributed by atoms with Crippen LogP contribution in [-0.2, 0) is 13.5 Å². The average molecular weight is 234 g/mol. The van der Waals surface area contributed by atoms with Crippen molar-refractivity contribution in [3.05, 3.63) is 34.3 Å². The SMILES string of the molecule is CC(N)CCCc1ccc2c(c1)oc(=O)n2C. The zero-order chi connectivity index (χ0) is 12.4. The van der Waals surface area contributed by atoms with E-state index in [9.17, 15) is 4.79 Å². The van der Waals surface area contributed by atoms with E-state index in [0.29, 0.717) is 5.58 Å². The van der Waals surface area contributed by atoms with Crippen LogP contribution in [0.5, 0.6) is 0 Å². The molecule has 2 aromatic rings. The van der Waals surface area contributed by atoms with Crippen molar-refractivity contribution in [3.63, 3.8) is 0 Å². The van der Waals surface area contributed by atoms with Crippen molar-refractivity contribution in [2.24, 2.45) is 12.8 Å². The molecule has 4 nitrogen and oxygen atoms in total. The molecule has 1 heterocycles. The van der Waals surface area contributed by atoms with Crippen LogP contribution in [0.1, 0.15) is 25.3 Å². The van der Waals surface area contributed by atoms with Gasteiger partial charge in [-0.2, -0.15) is 0 Å². The molecule has 92 valence electrons. The first kappa shape index (κ1) is 11.9. The monoisotopic (exact) mass is 234 g/mol. The van der Waals surface area contributed by atoms with Crippen LogP contribution in [0, 0.1) is 0 Å². The smallest absolute Gasteiger partial charge is 0.408 e. The Morgan fingerprint density at radius 2 is 2.24 bits per heavy atom. The van der Waals surface area contributed by atoms with Crippen LogP contribution in [0.25, 0.3) is 11.1 Å². The number of fused-ring (bicyclic) bond motifs is 1. The molecule has 17 heavy (non-hydrogen) atoms. The van der Waals surface area contributed by atoms with Crippen molar-refractivity contribution in [1.82, 2.24) is 4.57 Å². The van der Waals surface area contributed by atoms with E-state index in [2.05, 4.69) is 0 Å². The van der Waals surface area contributed by atoms with E-state index < -0.39 is 0 Å². The van der Waals surface area contributed by atoms with Crippen molar-refractivity contribution in [1.29, 1.82) is 0 Å². The molecule has 2 N–H and O–H groups in total. The molecule has 2 rings (SSSR count). The first-order chi connectivity index (χ1) is 8.08. The number of nitrogens with zero attached hydrogens (tertiary/aromatic N) is 1. The van der Waals surface area contributed by atoms with E-state index in [0.717, 1.165) is 24.8 Å². The fourth-order valence-corrected chi connectivity index (χ4v) is 1.96. The molecule has 0 aliphatic rings. The average Bonchev–Trinajstić information content (AvgIpc) is 2.54. The van der Waals surface area contributed by atoms with Gasteiger partial charge in [0, 0.05) is 13.1 Å². The van der Waals surface area contributed by atoms with Gasteiger partial charge < -0.3 is 10.2 Å². The Morgan fingerprint density at radius 1 is 1.47 bits per heavy atom. The first-order valence-corrected chi connectivity index (χ1v) is 5.92. The number of oxazole rings is 1. The number of rotatable bonds is 4. The van der Waals surface area contributed by atoms with E-state index >= 15 is 0 Å². The third kappa shape index (κ3) is 2.58. The van der Waals surface area contributed by atoms with Gasteiger partial charge in [0.2, 0.25) is 0 Å². The molecule has 0 saturated carbocycles. The van der Waals surface area contributed by atoms with Crippen molar-refractivity contribution in [2.45, 2.75) is 32.2 Å². The number of hydrogen-bond acceptors (Lipinski definition) is 3. The summed E-state index contributed by atoms with van der Waals surface area (Å²) in [6.07, 6.45) is 3.03. The minimum Gasteiger partial charge on any atom is -0.408 e. The Hall–Kier alpha value is -1.55. The van der Waals surface area contributed by atoms with Crippen LogP contribution in [0.15, 0.2) is 27.4 Å². The molecule has 0 aliphatic heterocycles. The highest BCUT2D eigenvalue weighted by molar-refractivity contribution is 5.73. The highest BCUT2D eigenvalue weighted by Gasteiger charge is 2.06. The summed E-state index contributed by atoms with van der Waals surface area (Å²) in [5.74, 6) is -0.312. The predicted molar refractivity (Wildman–Crippen MR) is 68.0 cm³/mol. The van der Waals surface area contributed by atoms with Crippen LogP contribution >= 0.6 is 0 Å². The lowest BCUT2D eigenvalue weighted by atomic mass is 10.1. The molecule has 4 heteroatoms. The lowest BCUT2D eigenvalue weighted by molar-refractivity contribution is 0.527. The largest absolute Gasteiger partial charge is 0.419 e. The summed E-state index contributed by atoms with van der Waals surface area (Å²) in [4.78, 5) is 11.3. The lowest BCUT2D eigenvalue weighted by Gasteiger charge is -2.04. The van der Waals surface area contributed by atoms with Crippen molar-refractivity contribution in [2.75, 3.05) is 0 Å². The molecule has 1 aromatic carbocycles. The summed E-state index contributed by atoms with van der Waals surface area (Å²) in [6.45, 7) is 2.01. The van der Waals surface area contributed by atoms with E-state index in [-0.39, 0.29) is 11.8 Å². The lowest BCUT2D eigenvalue weighted by Crippen LogP contribution is -2.14. The summed E-state index contributed by atoms with van der Waals surface area (Å²) in [5.41, 5.74) is 8.40. The van der Waals surface area contributed by atoms with Crippen molar-refractivity contribution in [3.8, 4) is 0 Å². The number of aryl methyl sites for hydroxylation is 2. The minimum atomic E-state index is -0.312. The second-order valence-electron chi connectivity index (χ2n) is 4.60. The zero-order valence-corrected chi connectivity index (χ0v) is 10.3. The van der Waals surface area contributed by atoms with Gasteiger partial charge in [-0.25, -0.2) is 4.79 Å². The molecule has 0 radical (unpaired) electrons. The molecule has 1 unspecified atom stereocenters. The summed E-state index contributed by atoms with van der Waals surface area (Å²) in [5, 5.41) is 0. The minimum absolute atomic E-state index is 0.244. The maximum Gasteiger partial charge on any atom is 0.419 e. The Bertz CT molecular complexity index is 566. The van der Waals surface area contributed by atoms with E-state index in [1.807, 2.05) is 25.1 Å². The van der Waals surface area contributed by atoms with Gasteiger partial charge in [0.15, 0.2) is 5.58 Å². The van der Waals surface area contributed by atoms with Crippen LogP contribution < -0.4 is 11.5 Å². The maximum absolute atomic E-state index is 11.3. The van der Waals surface area contributed by atoms with Crippen molar-refractivity contribution >= 4 is 11.1 Å². The number of benzene rings is 1. The van der Waals surface area contributed by atoms with Gasteiger partial charge in [0.25, 0.3) is 0 Å². The van der Waals surface area contributed by atoms with Gasteiger partial charge in [-0.15, -0.1) is 0 Å². The fourth-order valence-electron chi connectivity index (χ4n) is 1.96. The van der Waals surface area contributed by atoms with Crippen LogP contribution in [0.4, 0.5) is 0 Å². The van der Waals surface area contributed by atoms with Crippen LogP contribution in [-0.4, -0.2) is 10.6 Å².